The van der Waals surface area contributed by atoms with Gasteiger partial charge >= 0.3 is 0 Å². The molecule has 1 aromatic rings. The van der Waals surface area contributed by atoms with E-state index in [-0.39, 0.29) is 19.1 Å². The van der Waals surface area contributed by atoms with E-state index in [0.717, 1.165) is 5.01 Å². The van der Waals surface area contributed by atoms with Gasteiger partial charge in [0.2, 0.25) is 0 Å². The second-order valence-corrected chi connectivity index (χ2v) is 5.40. The van der Waals surface area contributed by atoms with Gasteiger partial charge in [0.25, 0.3) is 5.91 Å². The lowest BCUT2D eigenvalue weighted by molar-refractivity contribution is 0.0212. The summed E-state index contributed by atoms with van der Waals surface area (Å²) < 4.78 is 0. The summed E-state index contributed by atoms with van der Waals surface area (Å²) in [4.78, 5) is 15.9. The molecule has 0 unspecified atom stereocenters. The summed E-state index contributed by atoms with van der Waals surface area (Å²) in [6.07, 6.45) is 1.52. The molecule has 1 aromatic heterocycles. The quantitative estimate of drug-likeness (QED) is 0.694. The van der Waals surface area contributed by atoms with Gasteiger partial charge in [-0.2, -0.15) is 0 Å². The lowest BCUT2D eigenvalue weighted by Gasteiger charge is -2.26. The Morgan fingerprint density at radius 3 is 2.83 bits per heavy atom. The third-order valence-electron chi connectivity index (χ3n) is 2.89. The molecule has 5 nitrogen and oxygen atoms in total. The van der Waals surface area contributed by atoms with Crippen LogP contribution < -0.4 is 5.32 Å². The van der Waals surface area contributed by atoms with Crippen molar-refractivity contribution in [2.24, 2.45) is 0 Å². The van der Waals surface area contributed by atoms with Crippen LogP contribution in [0.15, 0.2) is 5.38 Å². The number of nitrogens with one attached hydrogen (secondary N) is 1. The van der Waals surface area contributed by atoms with Crippen LogP contribution in [0.4, 0.5) is 0 Å². The first-order valence-electron chi connectivity index (χ1n) is 6.04. The van der Waals surface area contributed by atoms with E-state index in [4.69, 9.17) is 5.11 Å². The Morgan fingerprint density at radius 2 is 2.33 bits per heavy atom. The largest absolute Gasteiger partial charge is 0.396 e. The molecule has 0 aliphatic rings. The van der Waals surface area contributed by atoms with Crippen molar-refractivity contribution < 1.29 is 15.0 Å². The first kappa shape index (κ1) is 15.1. The minimum atomic E-state index is -0.955. The van der Waals surface area contributed by atoms with Crippen molar-refractivity contribution >= 4 is 17.2 Å². The fourth-order valence-electron chi connectivity index (χ4n) is 1.60. The first-order valence-corrected chi connectivity index (χ1v) is 6.92. The van der Waals surface area contributed by atoms with Crippen molar-refractivity contribution in [2.75, 3.05) is 13.2 Å². The van der Waals surface area contributed by atoms with Crippen molar-refractivity contribution in [3.63, 3.8) is 0 Å². The second-order valence-electron chi connectivity index (χ2n) is 4.34. The van der Waals surface area contributed by atoms with Gasteiger partial charge in [-0.1, -0.05) is 6.92 Å². The highest BCUT2D eigenvalue weighted by atomic mass is 32.1. The Balaban J connectivity index is 2.49. The van der Waals surface area contributed by atoms with Gasteiger partial charge in [-0.05, 0) is 26.2 Å². The summed E-state index contributed by atoms with van der Waals surface area (Å²) in [5.41, 5.74) is -0.568. The van der Waals surface area contributed by atoms with E-state index in [9.17, 15) is 9.90 Å². The van der Waals surface area contributed by atoms with Gasteiger partial charge < -0.3 is 15.5 Å². The average molecular weight is 272 g/mol. The maximum absolute atomic E-state index is 11.8. The third-order valence-corrected chi connectivity index (χ3v) is 3.66. The van der Waals surface area contributed by atoms with Crippen LogP contribution >= 0.6 is 11.3 Å². The van der Waals surface area contributed by atoms with Crippen LogP contribution in [0.5, 0.6) is 0 Å². The van der Waals surface area contributed by atoms with Crippen LogP contribution in [0.2, 0.25) is 0 Å². The molecule has 0 spiro atoms. The molecule has 0 bridgehead atoms. The molecule has 0 saturated heterocycles. The summed E-state index contributed by atoms with van der Waals surface area (Å²) in [6, 6.07) is 0. The molecule has 0 fully saturated rings. The van der Waals surface area contributed by atoms with Crippen LogP contribution in [0, 0.1) is 6.92 Å². The molecule has 18 heavy (non-hydrogen) atoms. The molecule has 6 heteroatoms. The molecule has 0 aliphatic carbocycles. The number of aryl methyl sites for hydroxylation is 1. The van der Waals surface area contributed by atoms with Crippen LogP contribution in [0.25, 0.3) is 0 Å². The molecule has 0 aromatic carbocycles. The summed E-state index contributed by atoms with van der Waals surface area (Å²) in [5.74, 6) is -0.268. The van der Waals surface area contributed by atoms with Crippen LogP contribution in [0.1, 0.15) is 41.7 Å². The highest BCUT2D eigenvalue weighted by molar-refractivity contribution is 7.09. The maximum atomic E-state index is 11.8. The summed E-state index contributed by atoms with van der Waals surface area (Å²) >= 11 is 1.42. The normalized spacial score (nSPS) is 14.2. The molecular formula is C12H20N2O3S. The fourth-order valence-corrected chi connectivity index (χ4v) is 2.19. The van der Waals surface area contributed by atoms with E-state index in [1.54, 1.807) is 5.38 Å². The van der Waals surface area contributed by atoms with Crippen molar-refractivity contribution in [1.29, 1.82) is 0 Å². The van der Waals surface area contributed by atoms with E-state index < -0.39 is 5.60 Å². The Labute approximate surface area is 111 Å². The molecule has 102 valence electrons. The Morgan fingerprint density at radius 1 is 1.61 bits per heavy atom. The molecule has 0 radical (unpaired) electrons. The van der Waals surface area contributed by atoms with Gasteiger partial charge in [0.05, 0.1) is 10.6 Å². The van der Waals surface area contributed by atoms with Gasteiger partial charge in [0.15, 0.2) is 0 Å². The first-order chi connectivity index (χ1) is 8.50. The average Bonchev–Trinajstić information content (AvgIpc) is 2.80. The highest BCUT2D eigenvalue weighted by Gasteiger charge is 2.25. The highest BCUT2D eigenvalue weighted by Crippen LogP contribution is 2.16. The van der Waals surface area contributed by atoms with Gasteiger partial charge in [-0.3, -0.25) is 4.79 Å². The number of carbonyl (C=O) groups excluding carboxylic acids is 1. The lowest BCUT2D eigenvalue weighted by atomic mass is 9.94. The number of carbonyl (C=O) groups is 1. The van der Waals surface area contributed by atoms with E-state index >= 15 is 0 Å². The van der Waals surface area contributed by atoms with Crippen LogP contribution in [-0.2, 0) is 0 Å². The van der Waals surface area contributed by atoms with E-state index in [1.165, 1.54) is 11.3 Å². The van der Waals surface area contributed by atoms with Gasteiger partial charge in [-0.15, -0.1) is 11.3 Å². The predicted octanol–water partition coefficient (Wildman–Crippen LogP) is 1.09. The number of rotatable bonds is 7. The fraction of sp³-hybridized carbons (Fsp3) is 0.667. The van der Waals surface area contributed by atoms with E-state index in [0.29, 0.717) is 25.0 Å². The van der Waals surface area contributed by atoms with Crippen molar-refractivity contribution in [3.05, 3.63) is 16.1 Å². The van der Waals surface area contributed by atoms with Crippen LogP contribution in [-0.4, -0.2) is 39.9 Å². The molecule has 1 atom stereocenters. The summed E-state index contributed by atoms with van der Waals surface area (Å²) in [6.45, 7) is 3.92. The van der Waals surface area contributed by atoms with Crippen molar-refractivity contribution in [1.82, 2.24) is 10.3 Å². The number of aliphatic hydroxyl groups is 2. The zero-order chi connectivity index (χ0) is 13.6. The minimum absolute atomic E-state index is 0.0432. The number of amides is 1. The molecule has 3 N–H and O–H groups in total. The maximum Gasteiger partial charge on any atom is 0.270 e. The number of hydrogen-bond acceptors (Lipinski definition) is 5. The summed E-state index contributed by atoms with van der Waals surface area (Å²) in [5, 5.41) is 24.2. The number of hydrogen-bond donors (Lipinski definition) is 3. The third kappa shape index (κ3) is 4.36. The van der Waals surface area contributed by atoms with E-state index in [2.05, 4.69) is 10.3 Å². The SMILES string of the molecule is CC[C@](O)(CCCO)CNC(=O)c1csc(C)n1. The molecule has 0 aliphatic heterocycles. The number of thiazole rings is 1. The standard InChI is InChI=1S/C12H20N2O3S/c1-3-12(17,5-4-6-15)8-13-11(16)10-7-18-9(2)14-10/h7,15,17H,3-6,8H2,1-2H3,(H,13,16)/t12-/m0/s1. The summed E-state index contributed by atoms with van der Waals surface area (Å²) in [7, 11) is 0. The molecule has 1 heterocycles. The predicted molar refractivity (Wildman–Crippen MR) is 70.7 cm³/mol. The lowest BCUT2D eigenvalue weighted by Crippen LogP contribution is -2.42. The molecule has 1 rings (SSSR count). The molecule has 1 amide bonds. The Bertz CT molecular complexity index is 394. The molecule has 0 saturated carbocycles. The zero-order valence-corrected chi connectivity index (χ0v) is 11.6. The smallest absolute Gasteiger partial charge is 0.270 e. The molecular weight excluding hydrogens is 252 g/mol. The zero-order valence-electron chi connectivity index (χ0n) is 10.8. The van der Waals surface area contributed by atoms with Crippen LogP contribution in [0.3, 0.4) is 0 Å². The van der Waals surface area contributed by atoms with E-state index in [1.807, 2.05) is 13.8 Å². The van der Waals surface area contributed by atoms with Gasteiger partial charge in [0.1, 0.15) is 5.69 Å². The number of nitrogens with zero attached hydrogens (tertiary/aromatic N) is 1. The monoisotopic (exact) mass is 272 g/mol. The minimum Gasteiger partial charge on any atom is -0.396 e. The van der Waals surface area contributed by atoms with Gasteiger partial charge in [-0.25, -0.2) is 4.98 Å². The Kier molecular flexibility index (Phi) is 5.71. The van der Waals surface area contributed by atoms with Crippen molar-refractivity contribution in [3.8, 4) is 0 Å². The topological polar surface area (TPSA) is 82.5 Å². The number of aromatic nitrogens is 1. The van der Waals surface area contributed by atoms with Gasteiger partial charge in [0, 0.05) is 18.5 Å². The number of aliphatic hydroxyl groups excluding tert-OH is 1. The Hall–Kier alpha value is -0.980. The second kappa shape index (κ2) is 6.82. The van der Waals surface area contributed by atoms with Crippen molar-refractivity contribution in [2.45, 2.75) is 38.7 Å².